The molecule has 1 aliphatic heterocycles. The van der Waals surface area contributed by atoms with Crippen LogP contribution in [0.15, 0.2) is 83.7 Å². The molecular weight excluding hydrogens is 506 g/mol. The Balaban J connectivity index is 1.38. The minimum Gasteiger partial charge on any atom is -0.497 e. The maximum absolute atomic E-state index is 13.6. The molecule has 3 heterocycles. The van der Waals surface area contributed by atoms with E-state index < -0.39 is 6.04 Å². The highest BCUT2D eigenvalue weighted by molar-refractivity contribution is 5.80. The fourth-order valence-corrected chi connectivity index (χ4v) is 5.33. The fourth-order valence-electron chi connectivity index (χ4n) is 5.33. The number of nitrogens with zero attached hydrogens (tertiary/aromatic N) is 6. The third kappa shape index (κ3) is 5.13. The van der Waals surface area contributed by atoms with Crippen molar-refractivity contribution in [2.24, 2.45) is 0 Å². The molecule has 2 aromatic heterocycles. The number of benzene rings is 3. The molecule has 0 spiro atoms. The second-order valence-corrected chi connectivity index (χ2v) is 9.81. The number of rotatable bonds is 8. The number of fused-ring (bicyclic) bond motifs is 1. The van der Waals surface area contributed by atoms with Crippen LogP contribution in [0.2, 0.25) is 0 Å². The average Bonchev–Trinajstić information content (AvgIpc) is 3.46. The van der Waals surface area contributed by atoms with Gasteiger partial charge in [-0.15, -0.1) is 5.10 Å². The number of pyridine rings is 1. The first-order valence-corrected chi connectivity index (χ1v) is 13.3. The van der Waals surface area contributed by atoms with Gasteiger partial charge in [0.2, 0.25) is 0 Å². The van der Waals surface area contributed by atoms with E-state index in [0.717, 1.165) is 54.1 Å². The summed E-state index contributed by atoms with van der Waals surface area (Å²) in [7, 11) is 3.28. The van der Waals surface area contributed by atoms with E-state index in [2.05, 4.69) is 54.6 Å². The van der Waals surface area contributed by atoms with Crippen molar-refractivity contribution in [2.45, 2.75) is 12.6 Å². The maximum atomic E-state index is 13.6. The molecule has 0 aliphatic carbocycles. The van der Waals surface area contributed by atoms with E-state index >= 15 is 0 Å². The number of aromatic nitrogens is 5. The molecule has 0 radical (unpaired) electrons. The SMILES string of the molecule is COc1ccc(Cn2nnnc2[C@@H](c2cc3cc(OC)ccc3[nH]c2=O)N2CCN(c3ccccc3)CC2)cc1. The molecule has 0 saturated carbocycles. The van der Waals surface area contributed by atoms with Gasteiger partial charge in [-0.3, -0.25) is 9.69 Å². The zero-order valence-corrected chi connectivity index (χ0v) is 22.5. The largest absolute Gasteiger partial charge is 0.497 e. The summed E-state index contributed by atoms with van der Waals surface area (Å²) in [5.41, 5.74) is 3.41. The monoisotopic (exact) mass is 537 g/mol. The van der Waals surface area contributed by atoms with Crippen molar-refractivity contribution >= 4 is 16.6 Å². The predicted octanol–water partition coefficient (Wildman–Crippen LogP) is 3.49. The molecule has 1 fully saturated rings. The van der Waals surface area contributed by atoms with Gasteiger partial charge in [0.1, 0.15) is 17.5 Å². The number of para-hydroxylation sites is 1. The van der Waals surface area contributed by atoms with Crippen LogP contribution in [0.3, 0.4) is 0 Å². The van der Waals surface area contributed by atoms with Gasteiger partial charge in [-0.1, -0.05) is 30.3 Å². The minimum absolute atomic E-state index is 0.160. The molecule has 1 aliphatic rings. The van der Waals surface area contributed by atoms with Gasteiger partial charge in [0.25, 0.3) is 5.56 Å². The van der Waals surface area contributed by atoms with Crippen molar-refractivity contribution in [3.8, 4) is 11.5 Å². The van der Waals surface area contributed by atoms with Crippen LogP contribution in [-0.4, -0.2) is 70.5 Å². The highest BCUT2D eigenvalue weighted by Gasteiger charge is 2.33. The van der Waals surface area contributed by atoms with Crippen molar-refractivity contribution in [1.82, 2.24) is 30.1 Å². The van der Waals surface area contributed by atoms with Crippen molar-refractivity contribution < 1.29 is 9.47 Å². The quantitative estimate of drug-likeness (QED) is 0.321. The third-order valence-corrected chi connectivity index (χ3v) is 7.47. The van der Waals surface area contributed by atoms with E-state index in [0.29, 0.717) is 17.9 Å². The molecule has 6 rings (SSSR count). The van der Waals surface area contributed by atoms with Crippen LogP contribution in [0, 0.1) is 0 Å². The molecule has 10 heteroatoms. The fraction of sp³-hybridized carbons (Fsp3) is 0.267. The molecule has 1 N–H and O–H groups in total. The number of ether oxygens (including phenoxy) is 2. The van der Waals surface area contributed by atoms with E-state index in [4.69, 9.17) is 9.47 Å². The molecule has 40 heavy (non-hydrogen) atoms. The van der Waals surface area contributed by atoms with Gasteiger partial charge in [0.05, 0.1) is 20.8 Å². The number of tetrazole rings is 1. The Morgan fingerprint density at radius 1 is 0.875 bits per heavy atom. The predicted molar refractivity (Wildman–Crippen MR) is 153 cm³/mol. The lowest BCUT2D eigenvalue weighted by molar-refractivity contribution is 0.200. The van der Waals surface area contributed by atoms with Crippen LogP contribution in [0.4, 0.5) is 5.69 Å². The molecule has 0 amide bonds. The zero-order valence-electron chi connectivity index (χ0n) is 22.5. The van der Waals surface area contributed by atoms with E-state index in [9.17, 15) is 4.79 Å². The van der Waals surface area contributed by atoms with E-state index in [1.54, 1.807) is 18.9 Å². The second-order valence-electron chi connectivity index (χ2n) is 9.81. The molecule has 0 unspecified atom stereocenters. The lowest BCUT2D eigenvalue weighted by Gasteiger charge is -2.39. The minimum atomic E-state index is -0.439. The summed E-state index contributed by atoms with van der Waals surface area (Å²) >= 11 is 0. The highest BCUT2D eigenvalue weighted by Crippen LogP contribution is 2.30. The first-order chi connectivity index (χ1) is 19.6. The summed E-state index contributed by atoms with van der Waals surface area (Å²) in [6.45, 7) is 3.58. The van der Waals surface area contributed by atoms with Crippen molar-refractivity contribution in [3.05, 3.63) is 106 Å². The number of anilines is 1. The molecule has 1 saturated heterocycles. The van der Waals surface area contributed by atoms with Crippen molar-refractivity contribution in [2.75, 3.05) is 45.3 Å². The van der Waals surface area contributed by atoms with Gasteiger partial charge in [-0.05, 0) is 64.5 Å². The number of hydrogen-bond donors (Lipinski definition) is 1. The van der Waals surface area contributed by atoms with Crippen LogP contribution >= 0.6 is 0 Å². The van der Waals surface area contributed by atoms with Gasteiger partial charge in [-0.2, -0.15) is 0 Å². The standard InChI is InChI=1S/C30H31N7O3/c1-39-24-10-8-21(9-11-24)20-37-29(32-33-34-37)28(36-16-14-35(15-17-36)23-6-4-3-5-7-23)26-19-22-18-25(40-2)12-13-27(22)31-30(26)38/h3-13,18-19,28H,14-17,20H2,1-2H3,(H,31,38)/t28-/m1/s1. The number of methoxy groups -OCH3 is 2. The number of piperazine rings is 1. The molecule has 204 valence electrons. The maximum Gasteiger partial charge on any atom is 0.253 e. The van der Waals surface area contributed by atoms with E-state index in [1.165, 1.54) is 5.69 Å². The van der Waals surface area contributed by atoms with Crippen molar-refractivity contribution in [1.29, 1.82) is 0 Å². The number of H-pyrrole nitrogens is 1. The van der Waals surface area contributed by atoms with E-state index in [-0.39, 0.29) is 5.56 Å². The smallest absolute Gasteiger partial charge is 0.253 e. The zero-order chi connectivity index (χ0) is 27.5. The van der Waals surface area contributed by atoms with Gasteiger partial charge in [0, 0.05) is 48.3 Å². The van der Waals surface area contributed by atoms with Gasteiger partial charge in [-0.25, -0.2) is 4.68 Å². The average molecular weight is 538 g/mol. The van der Waals surface area contributed by atoms with Gasteiger partial charge in [0.15, 0.2) is 5.82 Å². The number of nitrogens with one attached hydrogen (secondary N) is 1. The van der Waals surface area contributed by atoms with Crippen LogP contribution in [0.5, 0.6) is 11.5 Å². The topological polar surface area (TPSA) is 101 Å². The summed E-state index contributed by atoms with van der Waals surface area (Å²) in [5.74, 6) is 2.13. The number of aromatic amines is 1. The normalized spacial score (nSPS) is 14.8. The third-order valence-electron chi connectivity index (χ3n) is 7.47. The van der Waals surface area contributed by atoms with Crippen LogP contribution < -0.4 is 19.9 Å². The Hall–Kier alpha value is -4.70. The first-order valence-electron chi connectivity index (χ1n) is 13.3. The molecular formula is C30H31N7O3. The second kappa shape index (κ2) is 11.2. The summed E-state index contributed by atoms with van der Waals surface area (Å²) in [4.78, 5) is 21.3. The molecule has 5 aromatic rings. The Morgan fingerprint density at radius 2 is 1.60 bits per heavy atom. The summed E-state index contributed by atoms with van der Waals surface area (Å²) in [5, 5.41) is 13.7. The van der Waals surface area contributed by atoms with Crippen molar-refractivity contribution in [3.63, 3.8) is 0 Å². The van der Waals surface area contributed by atoms with Crippen LogP contribution in [-0.2, 0) is 6.54 Å². The summed E-state index contributed by atoms with van der Waals surface area (Å²) < 4.78 is 12.5. The Labute approximate surface area is 231 Å². The molecule has 1 atom stereocenters. The molecule has 10 nitrogen and oxygen atoms in total. The van der Waals surface area contributed by atoms with Gasteiger partial charge < -0.3 is 19.4 Å². The van der Waals surface area contributed by atoms with Crippen LogP contribution in [0.1, 0.15) is 23.0 Å². The summed E-state index contributed by atoms with van der Waals surface area (Å²) in [6.07, 6.45) is 0. The van der Waals surface area contributed by atoms with Crippen LogP contribution in [0.25, 0.3) is 10.9 Å². The highest BCUT2D eigenvalue weighted by atomic mass is 16.5. The van der Waals surface area contributed by atoms with Gasteiger partial charge >= 0.3 is 0 Å². The Bertz CT molecular complexity index is 1640. The lowest BCUT2D eigenvalue weighted by atomic mass is 10.0. The summed E-state index contributed by atoms with van der Waals surface area (Å²) in [6, 6.07) is 25.4. The number of hydrogen-bond acceptors (Lipinski definition) is 8. The lowest BCUT2D eigenvalue weighted by Crippen LogP contribution is -2.49. The Kier molecular flexibility index (Phi) is 7.15. The first kappa shape index (κ1) is 25.6. The molecule has 0 bridgehead atoms. The Morgan fingerprint density at radius 3 is 2.33 bits per heavy atom. The van der Waals surface area contributed by atoms with E-state index in [1.807, 2.05) is 54.6 Å². The molecule has 3 aromatic carbocycles.